The number of hydrogen-bond donors (Lipinski definition) is 1. The lowest BCUT2D eigenvalue weighted by atomic mass is 9.94. The Kier molecular flexibility index (Phi) is 4.37. The fourth-order valence-electron chi connectivity index (χ4n) is 2.80. The average Bonchev–Trinajstić information content (AvgIpc) is 2.52. The first kappa shape index (κ1) is 14.3. The van der Waals surface area contributed by atoms with Crippen LogP contribution >= 0.6 is 15.9 Å². The summed E-state index contributed by atoms with van der Waals surface area (Å²) in [5, 5.41) is 6.21. The largest absolute Gasteiger partial charge is 0.307 e. The van der Waals surface area contributed by atoms with E-state index in [0.29, 0.717) is 0 Å². The number of hydrogen-bond acceptors (Lipinski definition) is 1. The van der Waals surface area contributed by atoms with Crippen LogP contribution in [0.15, 0.2) is 71.2 Å². The monoisotopic (exact) mass is 339 g/mol. The van der Waals surface area contributed by atoms with E-state index < -0.39 is 0 Å². The van der Waals surface area contributed by atoms with Gasteiger partial charge in [-0.1, -0.05) is 77.5 Å². The van der Waals surface area contributed by atoms with Gasteiger partial charge in [-0.2, -0.15) is 0 Å². The molecular formula is C19H18BrN. The van der Waals surface area contributed by atoms with Crippen LogP contribution in [-0.4, -0.2) is 6.54 Å². The summed E-state index contributed by atoms with van der Waals surface area (Å²) in [7, 11) is 0. The van der Waals surface area contributed by atoms with Crippen LogP contribution in [-0.2, 0) is 0 Å². The fraction of sp³-hybridized carbons (Fsp3) is 0.158. The molecule has 1 N–H and O–H groups in total. The van der Waals surface area contributed by atoms with Gasteiger partial charge in [-0.3, -0.25) is 0 Å². The molecule has 3 rings (SSSR count). The maximum Gasteiger partial charge on any atom is 0.0583 e. The van der Waals surface area contributed by atoms with Crippen molar-refractivity contribution in [2.24, 2.45) is 0 Å². The van der Waals surface area contributed by atoms with Gasteiger partial charge in [0.25, 0.3) is 0 Å². The van der Waals surface area contributed by atoms with Crippen molar-refractivity contribution in [2.75, 3.05) is 6.54 Å². The van der Waals surface area contributed by atoms with E-state index in [0.717, 1.165) is 11.0 Å². The van der Waals surface area contributed by atoms with Crippen molar-refractivity contribution >= 4 is 26.7 Å². The summed E-state index contributed by atoms with van der Waals surface area (Å²) in [5.74, 6) is 0. The lowest BCUT2D eigenvalue weighted by Gasteiger charge is -2.21. The minimum atomic E-state index is 0.207. The predicted molar refractivity (Wildman–Crippen MR) is 93.6 cm³/mol. The quantitative estimate of drug-likeness (QED) is 0.679. The molecule has 0 heterocycles. The predicted octanol–water partition coefficient (Wildman–Crippen LogP) is 5.30. The van der Waals surface area contributed by atoms with Crippen molar-refractivity contribution in [3.8, 4) is 0 Å². The summed E-state index contributed by atoms with van der Waals surface area (Å²) in [5.41, 5.74) is 2.61. The molecule has 1 unspecified atom stereocenters. The molecule has 2 heteroatoms. The van der Waals surface area contributed by atoms with E-state index in [1.165, 1.54) is 21.9 Å². The van der Waals surface area contributed by atoms with E-state index in [9.17, 15) is 0 Å². The molecule has 1 atom stereocenters. The first-order valence-electron chi connectivity index (χ1n) is 7.26. The van der Waals surface area contributed by atoms with Gasteiger partial charge in [-0.05, 0) is 40.6 Å². The molecule has 0 saturated heterocycles. The molecule has 3 aromatic carbocycles. The summed E-state index contributed by atoms with van der Waals surface area (Å²) in [4.78, 5) is 0. The highest BCUT2D eigenvalue weighted by atomic mass is 79.9. The second-order valence-corrected chi connectivity index (χ2v) is 6.03. The molecule has 0 radical (unpaired) electrons. The third-order valence-electron chi connectivity index (χ3n) is 3.72. The Balaban J connectivity index is 2.16. The molecule has 0 aliphatic rings. The lowest BCUT2D eigenvalue weighted by molar-refractivity contribution is 0.634. The van der Waals surface area contributed by atoms with Crippen molar-refractivity contribution in [1.29, 1.82) is 0 Å². The van der Waals surface area contributed by atoms with E-state index in [1.54, 1.807) is 0 Å². The number of fused-ring (bicyclic) bond motifs is 1. The molecule has 21 heavy (non-hydrogen) atoms. The van der Waals surface area contributed by atoms with Gasteiger partial charge in [0, 0.05) is 4.47 Å². The first-order valence-corrected chi connectivity index (χ1v) is 8.05. The van der Waals surface area contributed by atoms with Crippen molar-refractivity contribution < 1.29 is 0 Å². The van der Waals surface area contributed by atoms with Crippen LogP contribution in [0.1, 0.15) is 24.1 Å². The Hall–Kier alpha value is -1.64. The molecule has 0 aromatic heterocycles. The summed E-state index contributed by atoms with van der Waals surface area (Å²) in [6.45, 7) is 3.08. The van der Waals surface area contributed by atoms with E-state index in [-0.39, 0.29) is 6.04 Å². The van der Waals surface area contributed by atoms with Crippen molar-refractivity contribution in [1.82, 2.24) is 5.32 Å². The molecule has 1 nitrogen and oxygen atoms in total. The molecule has 0 amide bonds. The van der Waals surface area contributed by atoms with Crippen LogP contribution in [0.3, 0.4) is 0 Å². The normalized spacial score (nSPS) is 12.5. The van der Waals surface area contributed by atoms with Gasteiger partial charge >= 0.3 is 0 Å². The smallest absolute Gasteiger partial charge is 0.0583 e. The summed E-state index contributed by atoms with van der Waals surface area (Å²) in [6.07, 6.45) is 0. The molecular weight excluding hydrogens is 322 g/mol. The molecule has 0 spiro atoms. The molecule has 3 aromatic rings. The zero-order valence-electron chi connectivity index (χ0n) is 12.0. The summed E-state index contributed by atoms with van der Waals surface area (Å²) >= 11 is 3.58. The Morgan fingerprint density at radius 2 is 1.71 bits per heavy atom. The van der Waals surface area contributed by atoms with Crippen molar-refractivity contribution in [3.63, 3.8) is 0 Å². The van der Waals surface area contributed by atoms with Crippen LogP contribution in [0, 0.1) is 0 Å². The lowest BCUT2D eigenvalue weighted by Crippen LogP contribution is -2.22. The third kappa shape index (κ3) is 3.02. The zero-order valence-corrected chi connectivity index (χ0v) is 13.6. The molecule has 0 fully saturated rings. The van der Waals surface area contributed by atoms with E-state index in [4.69, 9.17) is 0 Å². The van der Waals surface area contributed by atoms with Gasteiger partial charge in [0.2, 0.25) is 0 Å². The van der Waals surface area contributed by atoms with E-state index >= 15 is 0 Å². The van der Waals surface area contributed by atoms with Gasteiger partial charge in [0.05, 0.1) is 6.04 Å². The van der Waals surface area contributed by atoms with Crippen LogP contribution in [0.4, 0.5) is 0 Å². The highest BCUT2D eigenvalue weighted by Gasteiger charge is 2.15. The minimum Gasteiger partial charge on any atom is -0.307 e. The number of nitrogens with one attached hydrogen (secondary N) is 1. The molecule has 0 bridgehead atoms. The van der Waals surface area contributed by atoms with Gasteiger partial charge in [-0.25, -0.2) is 0 Å². The van der Waals surface area contributed by atoms with E-state index in [1.807, 2.05) is 0 Å². The second kappa shape index (κ2) is 6.42. The van der Waals surface area contributed by atoms with Crippen LogP contribution in [0.25, 0.3) is 10.8 Å². The number of halogens is 1. The van der Waals surface area contributed by atoms with Crippen LogP contribution in [0.5, 0.6) is 0 Å². The molecule has 106 valence electrons. The topological polar surface area (TPSA) is 12.0 Å². The maximum atomic E-state index is 3.61. The van der Waals surface area contributed by atoms with Gasteiger partial charge in [-0.15, -0.1) is 0 Å². The Bertz CT molecular complexity index is 746. The van der Waals surface area contributed by atoms with Gasteiger partial charge in [0.15, 0.2) is 0 Å². The van der Waals surface area contributed by atoms with Gasteiger partial charge < -0.3 is 5.32 Å². The van der Waals surface area contributed by atoms with Crippen LogP contribution < -0.4 is 5.32 Å². The highest BCUT2D eigenvalue weighted by molar-refractivity contribution is 9.10. The maximum absolute atomic E-state index is 3.61. The van der Waals surface area contributed by atoms with Crippen LogP contribution in [0.2, 0.25) is 0 Å². The average molecular weight is 340 g/mol. The first-order chi connectivity index (χ1) is 10.3. The summed E-state index contributed by atoms with van der Waals surface area (Å²) in [6, 6.07) is 23.8. The van der Waals surface area contributed by atoms with Crippen molar-refractivity contribution in [2.45, 2.75) is 13.0 Å². The molecule has 0 saturated carbocycles. The number of rotatable bonds is 4. The standard InChI is InChI=1S/C19H18BrN/c1-2-21-19(15-9-5-10-16(20)13-15)18-12-6-8-14-7-3-4-11-17(14)18/h3-13,19,21H,2H2,1H3. The molecule has 0 aliphatic carbocycles. The minimum absolute atomic E-state index is 0.207. The Labute approximate surface area is 134 Å². The number of benzene rings is 3. The Morgan fingerprint density at radius 1 is 0.952 bits per heavy atom. The highest BCUT2D eigenvalue weighted by Crippen LogP contribution is 2.30. The van der Waals surface area contributed by atoms with Crippen molar-refractivity contribution in [3.05, 3.63) is 82.3 Å². The molecule has 0 aliphatic heterocycles. The fourth-order valence-corrected chi connectivity index (χ4v) is 3.22. The SMILES string of the molecule is CCNC(c1cccc(Br)c1)c1cccc2ccccc12. The summed E-state index contributed by atoms with van der Waals surface area (Å²) < 4.78 is 1.11. The zero-order chi connectivity index (χ0) is 14.7. The Morgan fingerprint density at radius 3 is 2.52 bits per heavy atom. The third-order valence-corrected chi connectivity index (χ3v) is 4.22. The van der Waals surface area contributed by atoms with E-state index in [2.05, 4.69) is 94.9 Å². The van der Waals surface area contributed by atoms with Gasteiger partial charge in [0.1, 0.15) is 0 Å². The second-order valence-electron chi connectivity index (χ2n) is 5.11.